The van der Waals surface area contributed by atoms with Crippen molar-refractivity contribution in [3.05, 3.63) is 59.9 Å². The zero-order valence-electron chi connectivity index (χ0n) is 13.0. The van der Waals surface area contributed by atoms with Gasteiger partial charge in [0.05, 0.1) is 0 Å². The molecule has 4 rings (SSSR count). The number of benzene rings is 2. The van der Waals surface area contributed by atoms with Crippen molar-refractivity contribution in [1.82, 2.24) is 9.97 Å². The van der Waals surface area contributed by atoms with E-state index in [9.17, 15) is 0 Å². The average molecular weight is 304 g/mol. The third kappa shape index (κ3) is 2.42. The van der Waals surface area contributed by atoms with E-state index in [4.69, 9.17) is 9.15 Å². The van der Waals surface area contributed by atoms with Gasteiger partial charge in [-0.3, -0.25) is 0 Å². The maximum Gasteiger partial charge on any atom is 0.267 e. The van der Waals surface area contributed by atoms with Crippen LogP contribution in [0.1, 0.15) is 18.3 Å². The third-order valence-corrected chi connectivity index (χ3v) is 3.79. The second kappa shape index (κ2) is 5.39. The lowest BCUT2D eigenvalue weighted by Crippen LogP contribution is -1.96. The van der Waals surface area contributed by atoms with Crippen LogP contribution in [0.15, 0.2) is 52.9 Å². The Morgan fingerprint density at radius 3 is 2.57 bits per heavy atom. The van der Waals surface area contributed by atoms with Gasteiger partial charge in [-0.2, -0.15) is 4.98 Å². The molecule has 0 aliphatic rings. The minimum Gasteiger partial charge on any atom is -0.449 e. The van der Waals surface area contributed by atoms with Gasteiger partial charge in [-0.15, -0.1) is 0 Å². The highest BCUT2D eigenvalue weighted by atomic mass is 16.5. The summed E-state index contributed by atoms with van der Waals surface area (Å²) < 4.78 is 11.9. The highest BCUT2D eigenvalue weighted by Gasteiger charge is 2.16. The molecule has 0 atom stereocenters. The number of rotatable bonds is 3. The van der Waals surface area contributed by atoms with Crippen LogP contribution in [0.5, 0.6) is 11.6 Å². The fourth-order valence-electron chi connectivity index (χ4n) is 2.56. The minimum atomic E-state index is 0.465. The molecular formula is C19H16N2O2. The summed E-state index contributed by atoms with van der Waals surface area (Å²) in [7, 11) is 0. The number of nitrogens with zero attached hydrogens (tertiary/aromatic N) is 2. The van der Waals surface area contributed by atoms with Crippen LogP contribution in [-0.2, 0) is 6.42 Å². The maximum atomic E-state index is 5.97. The Labute approximate surface area is 133 Å². The summed E-state index contributed by atoms with van der Waals surface area (Å²) >= 11 is 0. The van der Waals surface area contributed by atoms with Gasteiger partial charge in [0.2, 0.25) is 5.58 Å². The SMILES string of the molecule is CCc1nc(Oc2ccc(C)cc2)c2oc3ccccc3c2n1. The van der Waals surface area contributed by atoms with Gasteiger partial charge in [0.15, 0.2) is 0 Å². The minimum absolute atomic E-state index is 0.465. The van der Waals surface area contributed by atoms with E-state index < -0.39 is 0 Å². The topological polar surface area (TPSA) is 48.2 Å². The molecule has 0 bridgehead atoms. The number of aromatic nitrogens is 2. The Morgan fingerprint density at radius 2 is 1.78 bits per heavy atom. The van der Waals surface area contributed by atoms with Gasteiger partial charge >= 0.3 is 0 Å². The largest absolute Gasteiger partial charge is 0.449 e. The number of fused-ring (bicyclic) bond motifs is 3. The van der Waals surface area contributed by atoms with Crippen LogP contribution in [0.2, 0.25) is 0 Å². The predicted octanol–water partition coefficient (Wildman–Crippen LogP) is 5.04. The van der Waals surface area contributed by atoms with E-state index in [1.807, 2.05) is 62.4 Å². The summed E-state index contributed by atoms with van der Waals surface area (Å²) in [5.41, 5.74) is 3.36. The first-order valence-corrected chi connectivity index (χ1v) is 7.67. The molecule has 2 aromatic carbocycles. The first-order valence-electron chi connectivity index (χ1n) is 7.67. The van der Waals surface area contributed by atoms with Gasteiger partial charge in [-0.05, 0) is 31.2 Å². The molecule has 114 valence electrons. The lowest BCUT2D eigenvalue weighted by Gasteiger charge is -2.06. The fourth-order valence-corrected chi connectivity index (χ4v) is 2.56. The highest BCUT2D eigenvalue weighted by molar-refractivity contribution is 6.03. The molecule has 0 unspecified atom stereocenters. The van der Waals surface area contributed by atoms with Crippen LogP contribution in [0.3, 0.4) is 0 Å². The molecule has 0 aliphatic heterocycles. The number of furan rings is 1. The molecule has 2 aromatic heterocycles. The number of para-hydroxylation sites is 1. The molecule has 4 aromatic rings. The summed E-state index contributed by atoms with van der Waals surface area (Å²) in [6.45, 7) is 4.07. The van der Waals surface area contributed by atoms with Crippen molar-refractivity contribution < 1.29 is 9.15 Å². The van der Waals surface area contributed by atoms with Crippen LogP contribution in [-0.4, -0.2) is 9.97 Å². The number of ether oxygens (including phenoxy) is 1. The molecule has 0 spiro atoms. The zero-order valence-corrected chi connectivity index (χ0v) is 13.0. The lowest BCUT2D eigenvalue weighted by molar-refractivity contribution is 0.453. The Hall–Kier alpha value is -2.88. The Kier molecular flexibility index (Phi) is 3.23. The molecule has 23 heavy (non-hydrogen) atoms. The second-order valence-corrected chi connectivity index (χ2v) is 5.49. The van der Waals surface area contributed by atoms with Crippen molar-refractivity contribution in [2.45, 2.75) is 20.3 Å². The molecule has 2 heterocycles. The average Bonchev–Trinajstić information content (AvgIpc) is 2.96. The molecule has 0 fully saturated rings. The molecular weight excluding hydrogens is 288 g/mol. The van der Waals surface area contributed by atoms with Gasteiger partial charge in [0, 0.05) is 11.8 Å². The van der Waals surface area contributed by atoms with E-state index in [1.54, 1.807) is 0 Å². The van der Waals surface area contributed by atoms with Crippen molar-refractivity contribution in [2.24, 2.45) is 0 Å². The van der Waals surface area contributed by atoms with E-state index in [1.165, 1.54) is 5.56 Å². The van der Waals surface area contributed by atoms with E-state index in [0.29, 0.717) is 11.5 Å². The predicted molar refractivity (Wildman–Crippen MR) is 89.9 cm³/mol. The van der Waals surface area contributed by atoms with E-state index in [0.717, 1.165) is 34.5 Å². The standard InChI is InChI=1S/C19H16N2O2/c1-3-16-20-17-14-6-4-5-7-15(14)23-18(17)19(21-16)22-13-10-8-12(2)9-11-13/h4-11H,3H2,1-2H3. The molecule has 0 N–H and O–H groups in total. The summed E-state index contributed by atoms with van der Waals surface area (Å²) in [4.78, 5) is 9.12. The number of aryl methyl sites for hydroxylation is 2. The molecule has 4 heteroatoms. The maximum absolute atomic E-state index is 5.97. The molecule has 0 radical (unpaired) electrons. The Morgan fingerprint density at radius 1 is 1.00 bits per heavy atom. The summed E-state index contributed by atoms with van der Waals surface area (Å²) in [6, 6.07) is 15.7. The molecule has 0 amide bonds. The molecule has 0 aliphatic carbocycles. The first kappa shape index (κ1) is 13.8. The summed E-state index contributed by atoms with van der Waals surface area (Å²) in [6.07, 6.45) is 0.736. The summed E-state index contributed by atoms with van der Waals surface area (Å²) in [5.74, 6) is 1.94. The van der Waals surface area contributed by atoms with Crippen LogP contribution < -0.4 is 4.74 Å². The van der Waals surface area contributed by atoms with Crippen LogP contribution in [0, 0.1) is 6.92 Å². The monoisotopic (exact) mass is 304 g/mol. The fraction of sp³-hybridized carbons (Fsp3) is 0.158. The second-order valence-electron chi connectivity index (χ2n) is 5.49. The molecule has 0 saturated heterocycles. The van der Waals surface area contributed by atoms with E-state index >= 15 is 0 Å². The van der Waals surface area contributed by atoms with Gasteiger partial charge in [-0.25, -0.2) is 4.98 Å². The smallest absolute Gasteiger partial charge is 0.267 e. The van der Waals surface area contributed by atoms with Crippen molar-refractivity contribution in [3.8, 4) is 11.6 Å². The van der Waals surface area contributed by atoms with Crippen molar-refractivity contribution >= 4 is 22.1 Å². The molecule has 0 saturated carbocycles. The van der Waals surface area contributed by atoms with Gasteiger partial charge in [0.25, 0.3) is 5.88 Å². The van der Waals surface area contributed by atoms with Crippen molar-refractivity contribution in [1.29, 1.82) is 0 Å². The van der Waals surface area contributed by atoms with E-state index in [-0.39, 0.29) is 0 Å². The van der Waals surface area contributed by atoms with Crippen LogP contribution in [0.25, 0.3) is 22.1 Å². The van der Waals surface area contributed by atoms with Crippen molar-refractivity contribution in [3.63, 3.8) is 0 Å². The van der Waals surface area contributed by atoms with E-state index in [2.05, 4.69) is 9.97 Å². The van der Waals surface area contributed by atoms with Crippen LogP contribution >= 0.6 is 0 Å². The molecule has 4 nitrogen and oxygen atoms in total. The number of hydrogen-bond donors (Lipinski definition) is 0. The quantitative estimate of drug-likeness (QED) is 0.532. The van der Waals surface area contributed by atoms with Gasteiger partial charge in [-0.1, -0.05) is 36.8 Å². The van der Waals surface area contributed by atoms with Crippen LogP contribution in [0.4, 0.5) is 0 Å². The lowest BCUT2D eigenvalue weighted by atomic mass is 10.2. The normalized spacial score (nSPS) is 11.2. The highest BCUT2D eigenvalue weighted by Crippen LogP contribution is 2.34. The first-order chi connectivity index (χ1) is 11.2. The summed E-state index contributed by atoms with van der Waals surface area (Å²) in [5, 5.41) is 0.980. The van der Waals surface area contributed by atoms with Crippen molar-refractivity contribution in [2.75, 3.05) is 0 Å². The zero-order chi connectivity index (χ0) is 15.8. The Bertz CT molecular complexity index is 988. The van der Waals surface area contributed by atoms with Gasteiger partial charge in [0.1, 0.15) is 22.7 Å². The number of hydrogen-bond acceptors (Lipinski definition) is 4. The Balaban J connectivity index is 1.91. The third-order valence-electron chi connectivity index (χ3n) is 3.79. The van der Waals surface area contributed by atoms with Gasteiger partial charge < -0.3 is 9.15 Å².